The molecular formula is C22H23N5O. The normalized spacial score (nSPS) is 11.2. The number of hydrogen-bond acceptors (Lipinski definition) is 4. The van der Waals surface area contributed by atoms with E-state index in [1.54, 1.807) is 0 Å². The lowest BCUT2D eigenvalue weighted by atomic mass is 10.2. The van der Waals surface area contributed by atoms with Gasteiger partial charge >= 0.3 is 0 Å². The first-order valence-electron chi connectivity index (χ1n) is 9.52. The maximum atomic E-state index is 12.9. The van der Waals surface area contributed by atoms with Crippen LogP contribution in [0.5, 0.6) is 0 Å². The number of carbonyl (C=O) groups is 1. The van der Waals surface area contributed by atoms with E-state index in [2.05, 4.69) is 12.2 Å². The van der Waals surface area contributed by atoms with E-state index < -0.39 is 0 Å². The molecule has 0 unspecified atom stereocenters. The highest BCUT2D eigenvalue weighted by atomic mass is 16.1. The van der Waals surface area contributed by atoms with E-state index in [1.165, 1.54) is 0 Å². The number of nitrogen functional groups attached to an aromatic ring is 1. The van der Waals surface area contributed by atoms with Gasteiger partial charge < -0.3 is 11.1 Å². The lowest BCUT2D eigenvalue weighted by Gasteiger charge is -2.09. The third-order valence-electron chi connectivity index (χ3n) is 4.80. The van der Waals surface area contributed by atoms with Gasteiger partial charge in [-0.05, 0) is 43.2 Å². The van der Waals surface area contributed by atoms with Crippen molar-refractivity contribution in [2.75, 3.05) is 12.3 Å². The molecule has 0 fully saturated rings. The molecule has 2 aromatic heterocycles. The van der Waals surface area contributed by atoms with Crippen LogP contribution in [-0.2, 0) is 0 Å². The number of hydrogen-bond donors (Lipinski definition) is 2. The number of unbranched alkanes of at least 4 members (excludes halogenated alkanes) is 1. The Hall–Kier alpha value is -3.41. The van der Waals surface area contributed by atoms with Crippen molar-refractivity contribution < 1.29 is 4.79 Å². The summed E-state index contributed by atoms with van der Waals surface area (Å²) in [6, 6.07) is 15.6. The first kappa shape index (κ1) is 18.0. The molecule has 0 saturated heterocycles. The number of amides is 1. The summed E-state index contributed by atoms with van der Waals surface area (Å²) in [6.07, 6.45) is 1.92. The fraction of sp³-hybridized carbons (Fsp3) is 0.227. The zero-order valence-electron chi connectivity index (χ0n) is 16.1. The second kappa shape index (κ2) is 7.31. The Balaban J connectivity index is 1.98. The van der Waals surface area contributed by atoms with Gasteiger partial charge in [0.25, 0.3) is 5.91 Å². The molecule has 4 rings (SSSR count). The molecule has 0 aliphatic carbocycles. The third kappa shape index (κ3) is 3.07. The van der Waals surface area contributed by atoms with Crippen LogP contribution in [0, 0.1) is 6.92 Å². The second-order valence-electron chi connectivity index (χ2n) is 6.93. The van der Waals surface area contributed by atoms with Crippen molar-refractivity contribution in [2.45, 2.75) is 26.7 Å². The van der Waals surface area contributed by atoms with Crippen LogP contribution >= 0.6 is 0 Å². The summed E-state index contributed by atoms with van der Waals surface area (Å²) in [7, 11) is 0. The standard InChI is InChI=1S/C22H23N5O/c1-3-4-12-24-22(28)18-19-21(26-17-11-6-5-10-16(17)25-19)27(20(18)23)15-9-7-8-14(2)13-15/h5-11,13H,3-4,12,23H2,1-2H3,(H,24,28). The zero-order chi connectivity index (χ0) is 19.7. The molecule has 0 saturated carbocycles. The Morgan fingerprint density at radius 2 is 1.86 bits per heavy atom. The van der Waals surface area contributed by atoms with E-state index in [9.17, 15) is 4.79 Å². The topological polar surface area (TPSA) is 85.8 Å². The number of aromatic nitrogens is 3. The minimum Gasteiger partial charge on any atom is -0.384 e. The second-order valence-corrected chi connectivity index (χ2v) is 6.93. The van der Waals surface area contributed by atoms with Crippen LogP contribution in [0.3, 0.4) is 0 Å². The van der Waals surface area contributed by atoms with Crippen molar-refractivity contribution in [3.8, 4) is 5.69 Å². The van der Waals surface area contributed by atoms with Crippen molar-refractivity contribution in [3.63, 3.8) is 0 Å². The van der Waals surface area contributed by atoms with E-state index in [1.807, 2.05) is 60.0 Å². The number of carbonyl (C=O) groups excluding carboxylic acids is 1. The van der Waals surface area contributed by atoms with Gasteiger partial charge in [-0.3, -0.25) is 9.36 Å². The minimum atomic E-state index is -0.216. The largest absolute Gasteiger partial charge is 0.384 e. The SMILES string of the molecule is CCCCNC(=O)c1c(N)n(-c2cccc(C)c2)c2nc3ccccc3nc12. The fourth-order valence-electron chi connectivity index (χ4n) is 3.38. The van der Waals surface area contributed by atoms with E-state index >= 15 is 0 Å². The molecule has 6 nitrogen and oxygen atoms in total. The highest BCUT2D eigenvalue weighted by Gasteiger charge is 2.24. The number of nitrogens with zero attached hydrogens (tertiary/aromatic N) is 3. The lowest BCUT2D eigenvalue weighted by Crippen LogP contribution is -2.25. The van der Waals surface area contributed by atoms with Crippen LogP contribution in [0.1, 0.15) is 35.7 Å². The van der Waals surface area contributed by atoms with Crippen molar-refractivity contribution in [1.29, 1.82) is 0 Å². The van der Waals surface area contributed by atoms with Crippen molar-refractivity contribution >= 4 is 33.9 Å². The number of para-hydroxylation sites is 2. The van der Waals surface area contributed by atoms with E-state index in [-0.39, 0.29) is 5.91 Å². The summed E-state index contributed by atoms with van der Waals surface area (Å²) in [5, 5.41) is 2.96. The number of benzene rings is 2. The molecule has 142 valence electrons. The molecule has 28 heavy (non-hydrogen) atoms. The average molecular weight is 373 g/mol. The van der Waals surface area contributed by atoms with Crippen LogP contribution in [-0.4, -0.2) is 27.0 Å². The molecule has 3 N–H and O–H groups in total. The van der Waals surface area contributed by atoms with Gasteiger partial charge in [0.15, 0.2) is 5.65 Å². The van der Waals surface area contributed by atoms with Gasteiger partial charge in [0.05, 0.1) is 11.0 Å². The Labute approximate surface area is 163 Å². The molecule has 6 heteroatoms. The molecule has 1 amide bonds. The van der Waals surface area contributed by atoms with Gasteiger partial charge in [-0.15, -0.1) is 0 Å². The van der Waals surface area contributed by atoms with Gasteiger partial charge in [-0.2, -0.15) is 0 Å². The van der Waals surface area contributed by atoms with E-state index in [0.29, 0.717) is 29.1 Å². The summed E-state index contributed by atoms with van der Waals surface area (Å²) in [5.41, 5.74) is 11.4. The van der Waals surface area contributed by atoms with Gasteiger partial charge in [0.2, 0.25) is 0 Å². The van der Waals surface area contributed by atoms with Crippen LogP contribution < -0.4 is 11.1 Å². The number of nitrogens with two attached hydrogens (primary N) is 1. The molecule has 0 atom stereocenters. The lowest BCUT2D eigenvalue weighted by molar-refractivity contribution is 0.0955. The molecule has 0 spiro atoms. The Kier molecular flexibility index (Phi) is 4.69. The molecule has 2 heterocycles. The van der Waals surface area contributed by atoms with Gasteiger partial charge in [0, 0.05) is 12.2 Å². The maximum Gasteiger partial charge on any atom is 0.257 e. The first-order valence-corrected chi connectivity index (χ1v) is 9.52. The minimum absolute atomic E-state index is 0.216. The van der Waals surface area contributed by atoms with Gasteiger partial charge in [-0.25, -0.2) is 9.97 Å². The zero-order valence-corrected chi connectivity index (χ0v) is 16.1. The van der Waals surface area contributed by atoms with Crippen molar-refractivity contribution in [2.24, 2.45) is 0 Å². The molecular weight excluding hydrogens is 350 g/mol. The fourth-order valence-corrected chi connectivity index (χ4v) is 3.38. The average Bonchev–Trinajstić information content (AvgIpc) is 2.97. The first-order chi connectivity index (χ1) is 13.6. The Bertz CT molecular complexity index is 1180. The molecule has 4 aromatic rings. The van der Waals surface area contributed by atoms with E-state index in [0.717, 1.165) is 35.1 Å². The quantitative estimate of drug-likeness (QED) is 0.518. The summed E-state index contributed by atoms with van der Waals surface area (Å²) in [5.74, 6) is 0.136. The Morgan fingerprint density at radius 3 is 2.57 bits per heavy atom. The molecule has 0 aliphatic rings. The van der Waals surface area contributed by atoms with Crippen molar-refractivity contribution in [3.05, 3.63) is 59.7 Å². The molecule has 0 aliphatic heterocycles. The van der Waals surface area contributed by atoms with Crippen LogP contribution in [0.4, 0.5) is 5.82 Å². The number of nitrogens with one attached hydrogen (secondary N) is 1. The predicted octanol–water partition coefficient (Wildman–Crippen LogP) is 3.99. The molecule has 0 bridgehead atoms. The number of aryl methyl sites for hydroxylation is 1. The highest BCUT2D eigenvalue weighted by molar-refractivity contribution is 6.11. The van der Waals surface area contributed by atoms with Crippen LogP contribution in [0.15, 0.2) is 48.5 Å². The number of rotatable bonds is 5. The molecule has 2 aromatic carbocycles. The summed E-state index contributed by atoms with van der Waals surface area (Å²) >= 11 is 0. The van der Waals surface area contributed by atoms with Gasteiger partial charge in [-0.1, -0.05) is 37.6 Å². The highest BCUT2D eigenvalue weighted by Crippen LogP contribution is 2.31. The smallest absolute Gasteiger partial charge is 0.257 e. The third-order valence-corrected chi connectivity index (χ3v) is 4.80. The molecule has 0 radical (unpaired) electrons. The van der Waals surface area contributed by atoms with Gasteiger partial charge in [0.1, 0.15) is 16.9 Å². The van der Waals surface area contributed by atoms with Crippen LogP contribution in [0.2, 0.25) is 0 Å². The number of anilines is 1. The van der Waals surface area contributed by atoms with Crippen molar-refractivity contribution in [1.82, 2.24) is 19.9 Å². The predicted molar refractivity (Wildman–Crippen MR) is 113 cm³/mol. The van der Waals surface area contributed by atoms with Crippen LogP contribution in [0.25, 0.3) is 27.9 Å². The maximum absolute atomic E-state index is 12.9. The summed E-state index contributed by atoms with van der Waals surface area (Å²) in [4.78, 5) is 22.4. The summed E-state index contributed by atoms with van der Waals surface area (Å²) < 4.78 is 1.82. The monoisotopic (exact) mass is 373 g/mol. The Morgan fingerprint density at radius 1 is 1.11 bits per heavy atom. The van der Waals surface area contributed by atoms with E-state index in [4.69, 9.17) is 15.7 Å². The number of fused-ring (bicyclic) bond motifs is 2. The summed E-state index contributed by atoms with van der Waals surface area (Å²) in [6.45, 7) is 4.71.